The zero-order valence-electron chi connectivity index (χ0n) is 5.93. The van der Waals surface area contributed by atoms with E-state index in [0.717, 1.165) is 0 Å². The van der Waals surface area contributed by atoms with Crippen LogP contribution in [0, 0.1) is 0 Å². The summed E-state index contributed by atoms with van der Waals surface area (Å²) >= 11 is 8.75. The lowest BCUT2D eigenvalue weighted by Gasteiger charge is -2.14. The van der Waals surface area contributed by atoms with Crippen molar-refractivity contribution in [3.8, 4) is 0 Å². The Morgan fingerprint density at radius 2 is 1.57 bits per heavy atom. The summed E-state index contributed by atoms with van der Waals surface area (Å²) < 4.78 is 76.5. The number of hydrogen-bond donors (Lipinski definition) is 0. The van der Waals surface area contributed by atoms with Gasteiger partial charge in [-0.05, 0) is 23.2 Å². The highest BCUT2D eigenvalue weighted by Crippen LogP contribution is 2.66. The number of epoxide rings is 1. The van der Waals surface area contributed by atoms with Gasteiger partial charge in [0.2, 0.25) is 5.83 Å². The van der Waals surface area contributed by atoms with Crippen molar-refractivity contribution >= 4 is 23.2 Å². The molecule has 14 heavy (non-hydrogen) atoms. The average Bonchev–Trinajstić information content (AvgIpc) is 2.52. The molecular formula is C5Cl2F6O. The minimum atomic E-state index is -4.73. The standard InChI is InChI=1S/C5Cl2F6O/c6-4(11,12)3(1(8)2(9)10)5(7,13)14-3. The van der Waals surface area contributed by atoms with Gasteiger partial charge in [0.25, 0.3) is 5.60 Å². The zero-order chi connectivity index (χ0) is 11.4. The smallest absolute Gasteiger partial charge is 0.302 e. The highest BCUT2D eigenvalue weighted by molar-refractivity contribution is 6.28. The van der Waals surface area contributed by atoms with Crippen LogP contribution in [-0.4, -0.2) is 16.3 Å². The molecule has 0 bridgehead atoms. The van der Waals surface area contributed by atoms with Crippen LogP contribution in [0.5, 0.6) is 0 Å². The van der Waals surface area contributed by atoms with Crippen molar-refractivity contribution in [2.75, 3.05) is 0 Å². The van der Waals surface area contributed by atoms with E-state index in [4.69, 9.17) is 0 Å². The van der Waals surface area contributed by atoms with E-state index in [1.54, 1.807) is 0 Å². The molecule has 1 aliphatic rings. The molecule has 0 aromatic heterocycles. The van der Waals surface area contributed by atoms with Gasteiger partial charge in [0.1, 0.15) is 0 Å². The monoisotopic (exact) mass is 260 g/mol. The van der Waals surface area contributed by atoms with E-state index in [2.05, 4.69) is 27.9 Å². The number of alkyl halides is 5. The minimum Gasteiger partial charge on any atom is -0.302 e. The Morgan fingerprint density at radius 3 is 1.64 bits per heavy atom. The van der Waals surface area contributed by atoms with Crippen LogP contribution in [0.25, 0.3) is 0 Å². The molecule has 82 valence electrons. The summed E-state index contributed by atoms with van der Waals surface area (Å²) in [6, 6.07) is 0. The van der Waals surface area contributed by atoms with Crippen LogP contribution in [0.1, 0.15) is 0 Å². The second kappa shape index (κ2) is 2.93. The predicted octanol–water partition coefficient (Wildman–Crippen LogP) is 3.53. The second-order valence-corrected chi connectivity index (χ2v) is 3.33. The molecule has 1 fully saturated rings. The van der Waals surface area contributed by atoms with Crippen molar-refractivity contribution in [1.29, 1.82) is 0 Å². The molecular weight excluding hydrogens is 261 g/mol. The molecule has 0 aromatic rings. The number of halogens is 8. The lowest BCUT2D eigenvalue weighted by Crippen LogP contribution is -2.37. The van der Waals surface area contributed by atoms with E-state index >= 15 is 0 Å². The third kappa shape index (κ3) is 1.38. The van der Waals surface area contributed by atoms with E-state index < -0.39 is 28.2 Å². The first-order valence-corrected chi connectivity index (χ1v) is 3.68. The Hall–Kier alpha value is -0.140. The van der Waals surface area contributed by atoms with Gasteiger partial charge in [0.05, 0.1) is 0 Å². The molecule has 2 atom stereocenters. The quantitative estimate of drug-likeness (QED) is 0.421. The van der Waals surface area contributed by atoms with Crippen LogP contribution < -0.4 is 0 Å². The highest BCUT2D eigenvalue weighted by atomic mass is 35.5. The maximum atomic E-state index is 12.6. The normalized spacial score (nSPS) is 36.9. The van der Waals surface area contributed by atoms with Crippen LogP contribution >= 0.6 is 23.2 Å². The second-order valence-electron chi connectivity index (χ2n) is 2.37. The predicted molar refractivity (Wildman–Crippen MR) is 34.7 cm³/mol. The van der Waals surface area contributed by atoms with Crippen molar-refractivity contribution < 1.29 is 31.1 Å². The van der Waals surface area contributed by atoms with E-state index in [1.807, 2.05) is 0 Å². The molecule has 2 unspecified atom stereocenters. The van der Waals surface area contributed by atoms with Crippen LogP contribution in [-0.2, 0) is 4.74 Å². The third-order valence-corrected chi connectivity index (χ3v) is 2.13. The van der Waals surface area contributed by atoms with E-state index in [1.165, 1.54) is 0 Å². The van der Waals surface area contributed by atoms with Gasteiger partial charge >= 0.3 is 16.8 Å². The minimum absolute atomic E-state index is 2.82. The zero-order valence-corrected chi connectivity index (χ0v) is 7.44. The van der Waals surface area contributed by atoms with Gasteiger partial charge in [-0.1, -0.05) is 0 Å². The molecule has 0 aliphatic carbocycles. The third-order valence-electron chi connectivity index (χ3n) is 1.52. The van der Waals surface area contributed by atoms with Crippen LogP contribution in [0.15, 0.2) is 11.9 Å². The Balaban J connectivity index is 3.20. The van der Waals surface area contributed by atoms with Crippen LogP contribution in [0.2, 0.25) is 0 Å². The van der Waals surface area contributed by atoms with Crippen molar-refractivity contribution in [3.63, 3.8) is 0 Å². The summed E-state index contributed by atoms with van der Waals surface area (Å²) in [5, 5.41) is -8.50. The summed E-state index contributed by atoms with van der Waals surface area (Å²) in [6.45, 7) is 0. The van der Waals surface area contributed by atoms with Gasteiger partial charge in [-0.3, -0.25) is 0 Å². The highest BCUT2D eigenvalue weighted by Gasteiger charge is 2.87. The summed E-state index contributed by atoms with van der Waals surface area (Å²) in [6.07, 6.45) is -3.18. The summed E-state index contributed by atoms with van der Waals surface area (Å²) in [5.41, 5.74) is -3.94. The fourth-order valence-corrected chi connectivity index (χ4v) is 1.43. The van der Waals surface area contributed by atoms with Crippen LogP contribution in [0.3, 0.4) is 0 Å². The van der Waals surface area contributed by atoms with E-state index in [0.29, 0.717) is 0 Å². The van der Waals surface area contributed by atoms with Gasteiger partial charge in [0.15, 0.2) is 0 Å². The van der Waals surface area contributed by atoms with E-state index in [9.17, 15) is 26.3 Å². The first kappa shape index (κ1) is 11.9. The Labute approximate surface area is 83.2 Å². The maximum Gasteiger partial charge on any atom is 0.364 e. The molecule has 0 radical (unpaired) electrons. The fraction of sp³-hybridized carbons (Fsp3) is 0.600. The van der Waals surface area contributed by atoms with Crippen molar-refractivity contribution in [2.45, 2.75) is 16.3 Å². The summed E-state index contributed by atoms with van der Waals surface area (Å²) in [4.78, 5) is 0. The Kier molecular flexibility index (Phi) is 2.49. The molecule has 1 rings (SSSR count). The molecule has 0 aromatic carbocycles. The molecule has 1 heterocycles. The summed E-state index contributed by atoms with van der Waals surface area (Å²) in [7, 11) is 0. The average molecular weight is 261 g/mol. The SMILES string of the molecule is FC(F)=C(F)C1(C(F)(F)Cl)OC1(F)Cl. The fourth-order valence-electron chi connectivity index (χ4n) is 0.820. The van der Waals surface area contributed by atoms with Gasteiger partial charge < -0.3 is 4.74 Å². The van der Waals surface area contributed by atoms with Gasteiger partial charge in [-0.15, -0.1) is 0 Å². The molecule has 1 nitrogen and oxygen atoms in total. The molecule has 9 heteroatoms. The molecule has 1 aliphatic heterocycles. The van der Waals surface area contributed by atoms with Crippen molar-refractivity contribution in [1.82, 2.24) is 0 Å². The lowest BCUT2D eigenvalue weighted by atomic mass is 10.1. The molecule has 0 saturated carbocycles. The number of ether oxygens (including phenoxy) is 1. The molecule has 0 N–H and O–H groups in total. The first-order valence-electron chi connectivity index (χ1n) is 2.92. The molecule has 0 spiro atoms. The molecule has 1 saturated heterocycles. The number of hydrogen-bond acceptors (Lipinski definition) is 1. The van der Waals surface area contributed by atoms with E-state index in [-0.39, 0.29) is 0 Å². The van der Waals surface area contributed by atoms with Crippen molar-refractivity contribution in [2.24, 2.45) is 0 Å². The lowest BCUT2D eigenvalue weighted by molar-refractivity contribution is 0.00765. The first-order chi connectivity index (χ1) is 6.06. The van der Waals surface area contributed by atoms with Gasteiger partial charge in [-0.2, -0.15) is 22.0 Å². The van der Waals surface area contributed by atoms with Gasteiger partial charge in [-0.25, -0.2) is 4.39 Å². The van der Waals surface area contributed by atoms with Crippen LogP contribution in [0.4, 0.5) is 26.3 Å². The Morgan fingerprint density at radius 1 is 1.21 bits per heavy atom. The maximum absolute atomic E-state index is 12.6. The number of rotatable bonds is 2. The topological polar surface area (TPSA) is 12.5 Å². The Bertz CT molecular complexity index is 293. The van der Waals surface area contributed by atoms with Crippen molar-refractivity contribution in [3.05, 3.63) is 11.9 Å². The largest absolute Gasteiger partial charge is 0.364 e. The van der Waals surface area contributed by atoms with Gasteiger partial charge in [0, 0.05) is 0 Å². The summed E-state index contributed by atoms with van der Waals surface area (Å²) in [5.74, 6) is -2.82. The molecule has 0 amide bonds.